The number of thiophene rings is 1. The SMILES string of the molecule is Cc1ccc(Nc2nc(CSc3nc4sc5c(c4c(=O)n3CCC(C)C)CCC(C)C5)cs2)cc1. The monoisotopic (exact) mass is 524 g/mol. The molecular weight excluding hydrogens is 493 g/mol. The summed E-state index contributed by atoms with van der Waals surface area (Å²) in [5.41, 5.74) is 4.68. The molecule has 0 radical (unpaired) electrons. The van der Waals surface area contributed by atoms with Gasteiger partial charge in [-0.3, -0.25) is 9.36 Å². The maximum absolute atomic E-state index is 13.7. The first-order chi connectivity index (χ1) is 16.9. The van der Waals surface area contributed by atoms with Crippen LogP contribution in [-0.4, -0.2) is 14.5 Å². The zero-order valence-corrected chi connectivity index (χ0v) is 23.2. The summed E-state index contributed by atoms with van der Waals surface area (Å²) >= 11 is 4.96. The highest BCUT2D eigenvalue weighted by Crippen LogP contribution is 2.37. The Kier molecular flexibility index (Phi) is 7.32. The lowest BCUT2D eigenvalue weighted by molar-refractivity contribution is 0.480. The normalized spacial score (nSPS) is 15.6. The summed E-state index contributed by atoms with van der Waals surface area (Å²) < 4.78 is 1.93. The lowest BCUT2D eigenvalue weighted by atomic mass is 9.89. The zero-order chi connectivity index (χ0) is 24.5. The van der Waals surface area contributed by atoms with E-state index in [1.807, 2.05) is 4.57 Å². The van der Waals surface area contributed by atoms with Crippen LogP contribution in [0.1, 0.15) is 55.3 Å². The quantitative estimate of drug-likeness (QED) is 0.192. The van der Waals surface area contributed by atoms with Gasteiger partial charge in [0.05, 0.1) is 11.1 Å². The minimum atomic E-state index is 0.144. The molecule has 4 aromatic rings. The second-order valence-corrected chi connectivity index (χ2v) is 12.9. The molecule has 3 heterocycles. The average molecular weight is 525 g/mol. The molecule has 35 heavy (non-hydrogen) atoms. The van der Waals surface area contributed by atoms with Crippen molar-refractivity contribution in [1.29, 1.82) is 0 Å². The molecular formula is C27H32N4OS3. The Morgan fingerprint density at radius 1 is 1.23 bits per heavy atom. The van der Waals surface area contributed by atoms with E-state index in [-0.39, 0.29) is 5.56 Å². The molecule has 0 aliphatic heterocycles. The first-order valence-electron chi connectivity index (χ1n) is 12.3. The fourth-order valence-corrected chi connectivity index (χ4v) is 7.61. The van der Waals surface area contributed by atoms with E-state index in [4.69, 9.17) is 9.97 Å². The minimum absolute atomic E-state index is 0.144. The first kappa shape index (κ1) is 24.5. The topological polar surface area (TPSA) is 59.8 Å². The van der Waals surface area contributed by atoms with E-state index >= 15 is 0 Å². The van der Waals surface area contributed by atoms with Crippen LogP contribution in [0.2, 0.25) is 0 Å². The fourth-order valence-electron chi connectivity index (χ4n) is 4.43. The van der Waals surface area contributed by atoms with Crippen molar-refractivity contribution in [3.05, 3.63) is 61.7 Å². The Morgan fingerprint density at radius 2 is 2.03 bits per heavy atom. The lowest BCUT2D eigenvalue weighted by Gasteiger charge is -2.18. The van der Waals surface area contributed by atoms with Crippen LogP contribution in [-0.2, 0) is 25.1 Å². The Labute approximate surface area is 219 Å². The first-order valence-corrected chi connectivity index (χ1v) is 15.0. The third-order valence-electron chi connectivity index (χ3n) is 6.51. The number of rotatable bonds is 8. The summed E-state index contributed by atoms with van der Waals surface area (Å²) in [5.74, 6) is 1.90. The molecule has 8 heteroatoms. The summed E-state index contributed by atoms with van der Waals surface area (Å²) in [6, 6.07) is 8.32. The summed E-state index contributed by atoms with van der Waals surface area (Å²) in [6.07, 6.45) is 4.19. The van der Waals surface area contributed by atoms with E-state index in [2.05, 4.69) is 62.7 Å². The van der Waals surface area contributed by atoms with E-state index in [9.17, 15) is 4.79 Å². The highest BCUT2D eigenvalue weighted by atomic mass is 32.2. The van der Waals surface area contributed by atoms with Crippen molar-refractivity contribution in [1.82, 2.24) is 14.5 Å². The maximum Gasteiger partial charge on any atom is 0.263 e. The van der Waals surface area contributed by atoms with Crippen LogP contribution in [0.4, 0.5) is 10.8 Å². The van der Waals surface area contributed by atoms with E-state index in [1.54, 1.807) is 34.4 Å². The van der Waals surface area contributed by atoms with Gasteiger partial charge in [0.25, 0.3) is 5.56 Å². The lowest BCUT2D eigenvalue weighted by Crippen LogP contribution is -2.24. The second-order valence-electron chi connectivity index (χ2n) is 9.99. The molecule has 0 amide bonds. The highest BCUT2D eigenvalue weighted by Gasteiger charge is 2.25. The van der Waals surface area contributed by atoms with E-state index in [1.165, 1.54) is 16.0 Å². The van der Waals surface area contributed by atoms with Gasteiger partial charge in [0.15, 0.2) is 10.3 Å². The van der Waals surface area contributed by atoms with Crippen LogP contribution >= 0.6 is 34.4 Å². The number of nitrogens with zero attached hydrogens (tertiary/aromatic N) is 3. The molecule has 0 spiro atoms. The van der Waals surface area contributed by atoms with E-state index in [0.29, 0.717) is 24.1 Å². The molecule has 0 saturated heterocycles. The van der Waals surface area contributed by atoms with Gasteiger partial charge >= 0.3 is 0 Å². The maximum atomic E-state index is 13.7. The Bertz CT molecular complexity index is 1380. The van der Waals surface area contributed by atoms with Gasteiger partial charge in [0, 0.05) is 28.2 Å². The number of anilines is 2. The summed E-state index contributed by atoms with van der Waals surface area (Å²) in [5, 5.41) is 8.05. The van der Waals surface area contributed by atoms with Crippen LogP contribution in [0.3, 0.4) is 0 Å². The number of hydrogen-bond acceptors (Lipinski definition) is 7. The number of aromatic nitrogens is 3. The van der Waals surface area contributed by atoms with Crippen LogP contribution in [0.5, 0.6) is 0 Å². The molecule has 1 atom stereocenters. The van der Waals surface area contributed by atoms with Gasteiger partial charge in [-0.2, -0.15) is 0 Å². The molecule has 3 aromatic heterocycles. The third kappa shape index (κ3) is 5.49. The molecule has 5 nitrogen and oxygen atoms in total. The smallest absolute Gasteiger partial charge is 0.263 e. The highest BCUT2D eigenvalue weighted by molar-refractivity contribution is 7.98. The number of thiazole rings is 1. The molecule has 1 N–H and O–H groups in total. The number of benzene rings is 1. The second kappa shape index (κ2) is 10.4. The molecule has 1 aliphatic rings. The van der Waals surface area contributed by atoms with E-state index in [0.717, 1.165) is 57.6 Å². The van der Waals surface area contributed by atoms with Gasteiger partial charge in [-0.05, 0) is 62.1 Å². The molecule has 1 aliphatic carbocycles. The Hall–Kier alpha value is -2.16. The zero-order valence-electron chi connectivity index (χ0n) is 20.8. The van der Waals surface area contributed by atoms with Crippen LogP contribution in [0.15, 0.2) is 39.6 Å². The van der Waals surface area contributed by atoms with Crippen molar-refractivity contribution in [3.63, 3.8) is 0 Å². The van der Waals surface area contributed by atoms with Gasteiger partial charge < -0.3 is 5.32 Å². The van der Waals surface area contributed by atoms with Gasteiger partial charge in [-0.1, -0.05) is 50.2 Å². The van der Waals surface area contributed by atoms with Gasteiger partial charge in [0.1, 0.15) is 4.83 Å². The van der Waals surface area contributed by atoms with Crippen molar-refractivity contribution < 1.29 is 0 Å². The van der Waals surface area contributed by atoms with Crippen LogP contribution in [0, 0.1) is 18.8 Å². The van der Waals surface area contributed by atoms with Gasteiger partial charge in [-0.15, -0.1) is 22.7 Å². The van der Waals surface area contributed by atoms with E-state index < -0.39 is 0 Å². The molecule has 1 unspecified atom stereocenters. The van der Waals surface area contributed by atoms with Gasteiger partial charge in [-0.25, -0.2) is 9.97 Å². The predicted octanol–water partition coefficient (Wildman–Crippen LogP) is 7.43. The Morgan fingerprint density at radius 3 is 2.80 bits per heavy atom. The molecule has 1 aromatic carbocycles. The Balaban J connectivity index is 1.40. The largest absolute Gasteiger partial charge is 0.332 e. The standard InChI is InChI=1S/C27H32N4OS3/c1-16(2)11-12-31-25(32)23-21-10-7-18(4)13-22(21)35-24(23)30-27(31)34-15-20-14-33-26(29-20)28-19-8-5-17(3)6-9-19/h5-6,8-9,14,16,18H,7,10-13,15H2,1-4H3,(H,28,29). The fraction of sp³-hybridized carbons (Fsp3) is 0.444. The predicted molar refractivity (Wildman–Crippen MR) is 151 cm³/mol. The third-order valence-corrected chi connectivity index (χ3v) is 9.48. The molecule has 5 rings (SSSR count). The van der Waals surface area contributed by atoms with Crippen molar-refractivity contribution in [2.24, 2.45) is 11.8 Å². The summed E-state index contributed by atoms with van der Waals surface area (Å²) in [7, 11) is 0. The summed E-state index contributed by atoms with van der Waals surface area (Å²) in [6.45, 7) is 9.50. The number of nitrogens with one attached hydrogen (secondary N) is 1. The molecule has 184 valence electrons. The number of aryl methyl sites for hydroxylation is 2. The van der Waals surface area contributed by atoms with Gasteiger partial charge in [0.2, 0.25) is 0 Å². The molecule has 0 saturated carbocycles. The summed E-state index contributed by atoms with van der Waals surface area (Å²) in [4.78, 5) is 25.8. The number of thioether (sulfide) groups is 1. The molecule has 0 bridgehead atoms. The van der Waals surface area contributed by atoms with Crippen molar-refractivity contribution in [3.8, 4) is 0 Å². The average Bonchev–Trinajstić information content (AvgIpc) is 3.42. The minimum Gasteiger partial charge on any atom is -0.332 e. The van der Waals surface area contributed by atoms with Crippen molar-refractivity contribution in [2.45, 2.75) is 70.8 Å². The number of fused-ring (bicyclic) bond motifs is 3. The number of hydrogen-bond donors (Lipinski definition) is 1. The van der Waals surface area contributed by atoms with Crippen LogP contribution in [0.25, 0.3) is 10.2 Å². The van der Waals surface area contributed by atoms with Crippen LogP contribution < -0.4 is 10.9 Å². The molecule has 0 fully saturated rings. The van der Waals surface area contributed by atoms with Crippen molar-refractivity contribution in [2.75, 3.05) is 5.32 Å². The van der Waals surface area contributed by atoms with Crippen molar-refractivity contribution >= 4 is 55.5 Å².